The summed E-state index contributed by atoms with van der Waals surface area (Å²) >= 11 is 4.39. The van der Waals surface area contributed by atoms with E-state index in [9.17, 15) is 4.79 Å². The minimum atomic E-state index is -0.681. The van der Waals surface area contributed by atoms with E-state index in [-0.39, 0.29) is 0 Å². The Kier molecular flexibility index (Phi) is 12.3. The quantitative estimate of drug-likeness (QED) is 0.169. The molecule has 0 aromatic carbocycles. The van der Waals surface area contributed by atoms with Gasteiger partial charge in [0.25, 0.3) is 0 Å². The highest BCUT2D eigenvalue weighted by molar-refractivity contribution is 8.01. The molecule has 28 heavy (non-hydrogen) atoms. The van der Waals surface area contributed by atoms with E-state index in [4.69, 9.17) is 11.5 Å². The number of fused-ring (bicyclic) bond motifs is 2. The molecule has 2 heterocycles. The summed E-state index contributed by atoms with van der Waals surface area (Å²) < 4.78 is 0. The Hall–Kier alpha value is -0.530. The van der Waals surface area contributed by atoms with Crippen LogP contribution in [-0.4, -0.2) is 33.1 Å². The van der Waals surface area contributed by atoms with Gasteiger partial charge in [0.2, 0.25) is 0 Å². The number of aliphatic carboxylic acids is 1. The molecule has 2 fully saturated rings. The van der Waals surface area contributed by atoms with Crippen LogP contribution in [0.3, 0.4) is 0 Å². The van der Waals surface area contributed by atoms with E-state index in [1.807, 2.05) is 0 Å². The first-order valence-corrected chi connectivity index (χ1v) is 13.4. The summed E-state index contributed by atoms with van der Waals surface area (Å²) in [6, 6.07) is 0. The number of carboxylic acids is 1. The second-order valence-corrected chi connectivity index (χ2v) is 10.9. The van der Waals surface area contributed by atoms with Crippen LogP contribution in [0.4, 0.5) is 0 Å². The first kappa shape index (κ1) is 23.7. The molecule has 2 saturated heterocycles. The lowest BCUT2D eigenvalue weighted by Crippen LogP contribution is -2.26. The van der Waals surface area contributed by atoms with Crippen LogP contribution in [0.25, 0.3) is 0 Å². The van der Waals surface area contributed by atoms with Gasteiger partial charge in [-0.2, -0.15) is 23.5 Å². The van der Waals surface area contributed by atoms with E-state index in [1.54, 1.807) is 0 Å². The zero-order chi connectivity index (χ0) is 20.0. The van der Waals surface area contributed by atoms with E-state index in [2.05, 4.69) is 41.6 Å². The number of terminal acetylenes is 1. The minimum Gasteiger partial charge on any atom is -0.481 e. The molecular weight excluding hydrogens is 384 g/mol. The molecule has 0 saturated carbocycles. The van der Waals surface area contributed by atoms with Crippen molar-refractivity contribution in [1.29, 1.82) is 0 Å². The molecule has 0 amide bonds. The van der Waals surface area contributed by atoms with Crippen LogP contribution in [0.15, 0.2) is 12.2 Å². The van der Waals surface area contributed by atoms with Crippen LogP contribution in [-0.2, 0) is 4.79 Å². The Labute approximate surface area is 181 Å². The molecule has 0 aromatic heterocycles. The standard InChI is InChI=1S/C24H38O2S2/c1-2-3-4-7-11-18-27-19-12-10-14-21-20(22-16-17-23(21)28-22)13-8-5-6-9-15-24(25)26/h1,5,8,20-23H,3-4,6-7,9-19H2,(H,25,26)/t20-,21+,22-,23+/m1/s1. The molecule has 2 rings (SSSR count). The van der Waals surface area contributed by atoms with Crippen LogP contribution in [0.1, 0.15) is 83.5 Å². The lowest BCUT2D eigenvalue weighted by molar-refractivity contribution is -0.137. The fourth-order valence-corrected chi connectivity index (χ4v) is 7.70. The van der Waals surface area contributed by atoms with Crippen LogP contribution in [0.5, 0.6) is 0 Å². The third kappa shape index (κ3) is 8.87. The highest BCUT2D eigenvalue weighted by Crippen LogP contribution is 2.55. The molecule has 2 aliphatic heterocycles. The molecule has 158 valence electrons. The molecule has 2 bridgehead atoms. The number of unbranched alkanes of at least 4 members (excludes halogenated alkanes) is 5. The number of hydrogen-bond acceptors (Lipinski definition) is 3. The Bertz CT molecular complexity index is 511. The molecule has 0 aromatic rings. The summed E-state index contributed by atoms with van der Waals surface area (Å²) in [6.07, 6.45) is 24.8. The number of carbonyl (C=O) groups is 1. The largest absolute Gasteiger partial charge is 0.481 e. The summed E-state index contributed by atoms with van der Waals surface area (Å²) in [4.78, 5) is 10.6. The zero-order valence-electron chi connectivity index (χ0n) is 17.3. The first-order chi connectivity index (χ1) is 13.7. The van der Waals surface area contributed by atoms with Crippen LogP contribution in [0, 0.1) is 24.2 Å². The van der Waals surface area contributed by atoms with Crippen molar-refractivity contribution in [2.24, 2.45) is 11.8 Å². The fourth-order valence-electron chi connectivity index (χ4n) is 4.63. The Morgan fingerprint density at radius 3 is 2.54 bits per heavy atom. The molecule has 4 heteroatoms. The lowest BCUT2D eigenvalue weighted by atomic mass is 9.75. The average molecular weight is 423 g/mol. The van der Waals surface area contributed by atoms with Crippen molar-refractivity contribution in [3.63, 3.8) is 0 Å². The maximum Gasteiger partial charge on any atom is 0.303 e. The minimum absolute atomic E-state index is 0.292. The topological polar surface area (TPSA) is 37.3 Å². The van der Waals surface area contributed by atoms with Crippen LogP contribution in [0.2, 0.25) is 0 Å². The van der Waals surface area contributed by atoms with Gasteiger partial charge in [-0.15, -0.1) is 12.3 Å². The smallest absolute Gasteiger partial charge is 0.303 e. The van der Waals surface area contributed by atoms with Crippen molar-refractivity contribution in [3.8, 4) is 12.3 Å². The van der Waals surface area contributed by atoms with Gasteiger partial charge >= 0.3 is 5.97 Å². The van der Waals surface area contributed by atoms with Gasteiger partial charge in [-0.1, -0.05) is 25.0 Å². The molecule has 0 unspecified atom stereocenters. The van der Waals surface area contributed by atoms with Crippen molar-refractivity contribution < 1.29 is 9.90 Å². The molecule has 2 nitrogen and oxygen atoms in total. The predicted molar refractivity (Wildman–Crippen MR) is 125 cm³/mol. The number of hydrogen-bond donors (Lipinski definition) is 1. The predicted octanol–water partition coefficient (Wildman–Crippen LogP) is 6.79. The van der Waals surface area contributed by atoms with Gasteiger partial charge < -0.3 is 5.11 Å². The Morgan fingerprint density at radius 1 is 1.04 bits per heavy atom. The molecule has 0 spiro atoms. The van der Waals surface area contributed by atoms with Gasteiger partial charge in [0.05, 0.1) is 0 Å². The van der Waals surface area contributed by atoms with Crippen LogP contribution >= 0.6 is 23.5 Å². The summed E-state index contributed by atoms with van der Waals surface area (Å²) in [6.45, 7) is 0. The zero-order valence-corrected chi connectivity index (χ0v) is 19.0. The molecule has 2 aliphatic rings. The summed E-state index contributed by atoms with van der Waals surface area (Å²) in [5, 5.41) is 10.5. The first-order valence-electron chi connectivity index (χ1n) is 11.3. The Morgan fingerprint density at radius 2 is 1.79 bits per heavy atom. The number of carboxylic acid groups (broad SMARTS) is 1. The van der Waals surface area contributed by atoms with E-state index in [1.165, 1.54) is 69.3 Å². The summed E-state index contributed by atoms with van der Waals surface area (Å²) in [5.74, 6) is 6.43. The van der Waals surface area contributed by atoms with Gasteiger partial charge in [-0.25, -0.2) is 0 Å². The third-order valence-electron chi connectivity index (χ3n) is 6.11. The van der Waals surface area contributed by atoms with E-state index in [0.29, 0.717) is 6.42 Å². The van der Waals surface area contributed by atoms with Crippen molar-refractivity contribution in [1.82, 2.24) is 0 Å². The fraction of sp³-hybridized carbons (Fsp3) is 0.792. The Balaban J connectivity index is 1.55. The summed E-state index contributed by atoms with van der Waals surface area (Å²) in [5.41, 5.74) is 0. The van der Waals surface area contributed by atoms with Crippen molar-refractivity contribution in [3.05, 3.63) is 12.2 Å². The van der Waals surface area contributed by atoms with Crippen molar-refractivity contribution >= 4 is 29.5 Å². The van der Waals surface area contributed by atoms with E-state index in [0.717, 1.165) is 41.6 Å². The monoisotopic (exact) mass is 422 g/mol. The lowest BCUT2D eigenvalue weighted by Gasteiger charge is -2.29. The second kappa shape index (κ2) is 14.5. The van der Waals surface area contributed by atoms with Gasteiger partial charge in [0.1, 0.15) is 0 Å². The molecule has 0 radical (unpaired) electrons. The maximum atomic E-state index is 10.6. The normalized spacial score (nSPS) is 26.1. The SMILES string of the molecule is C#CCCCCCSCCCC[C@H]1[C@@H](CC=CCCCC(=O)O)[C@H]2CC[C@@H]1S2. The molecule has 1 N–H and O–H groups in total. The van der Waals surface area contributed by atoms with E-state index < -0.39 is 5.97 Å². The molecular formula is C24H38O2S2. The van der Waals surface area contributed by atoms with Gasteiger partial charge in [0, 0.05) is 23.3 Å². The third-order valence-corrected chi connectivity index (χ3v) is 9.14. The maximum absolute atomic E-state index is 10.6. The van der Waals surface area contributed by atoms with Crippen molar-refractivity contribution in [2.45, 2.75) is 94.0 Å². The van der Waals surface area contributed by atoms with E-state index >= 15 is 0 Å². The highest BCUT2D eigenvalue weighted by atomic mass is 32.2. The number of rotatable bonds is 16. The van der Waals surface area contributed by atoms with Gasteiger partial charge in [-0.3, -0.25) is 4.79 Å². The number of allylic oxidation sites excluding steroid dienone is 2. The summed E-state index contributed by atoms with van der Waals surface area (Å²) in [7, 11) is 0. The van der Waals surface area contributed by atoms with Crippen molar-refractivity contribution in [2.75, 3.05) is 11.5 Å². The van der Waals surface area contributed by atoms with Crippen LogP contribution < -0.4 is 0 Å². The number of thioether (sulfide) groups is 2. The molecule has 4 atom stereocenters. The van der Waals surface area contributed by atoms with Gasteiger partial charge in [-0.05, 0) is 81.1 Å². The highest BCUT2D eigenvalue weighted by Gasteiger charge is 2.46. The second-order valence-electron chi connectivity index (χ2n) is 8.23. The average Bonchev–Trinajstić information content (AvgIpc) is 3.28. The van der Waals surface area contributed by atoms with Gasteiger partial charge in [0.15, 0.2) is 0 Å². The molecule has 0 aliphatic carbocycles.